The van der Waals surface area contributed by atoms with Gasteiger partial charge in [-0.2, -0.15) is 0 Å². The molecule has 130 valence electrons. The van der Waals surface area contributed by atoms with E-state index in [-0.39, 0.29) is 0 Å². The van der Waals surface area contributed by atoms with Crippen LogP contribution in [0, 0.1) is 13.8 Å². The predicted molar refractivity (Wildman–Crippen MR) is 116 cm³/mol. The Morgan fingerprint density at radius 2 is 1.00 bits per heavy atom. The first-order valence-electron chi connectivity index (χ1n) is 8.70. The summed E-state index contributed by atoms with van der Waals surface area (Å²) < 4.78 is 0. The molecule has 0 saturated carbocycles. The molecule has 0 bridgehead atoms. The molecular weight excluding hydrogens is 345 g/mol. The second-order valence-corrected chi connectivity index (χ2v) is 50.3. The molecule has 0 heterocycles. The number of rotatable bonds is 5. The van der Waals surface area contributed by atoms with Gasteiger partial charge in [-0.1, -0.05) is 77.1 Å². The number of carbonyl (C=O) groups excluding carboxylic acids is 1. The Balaban J connectivity index is 3.90. The molecule has 1 rings (SSSR count). The highest BCUT2D eigenvalue weighted by molar-refractivity contribution is 7.97. The lowest BCUT2D eigenvalue weighted by atomic mass is 10.0. The Morgan fingerprint density at radius 3 is 1.26 bits per heavy atom. The van der Waals surface area contributed by atoms with E-state index in [4.69, 9.17) is 0 Å². The van der Waals surface area contributed by atoms with Gasteiger partial charge in [0.15, 0.2) is 0 Å². The Morgan fingerprint density at radius 1 is 0.696 bits per heavy atom. The van der Waals surface area contributed by atoms with Crippen molar-refractivity contribution >= 4 is 34.8 Å². The van der Waals surface area contributed by atoms with Crippen molar-refractivity contribution in [3.63, 3.8) is 0 Å². The van der Waals surface area contributed by atoms with Gasteiger partial charge < -0.3 is 4.79 Å². The van der Waals surface area contributed by atoms with Crippen molar-refractivity contribution in [1.29, 1.82) is 0 Å². The topological polar surface area (TPSA) is 17.1 Å². The second-order valence-electron chi connectivity index (χ2n) is 10.1. The minimum atomic E-state index is -2.03. The van der Waals surface area contributed by atoms with Crippen molar-refractivity contribution in [2.45, 2.75) is 72.8 Å². The summed E-state index contributed by atoms with van der Waals surface area (Å²) in [5.74, 6) is 0. The molecule has 1 aromatic carbocycles. The van der Waals surface area contributed by atoms with Crippen LogP contribution in [0.5, 0.6) is 0 Å². The summed E-state index contributed by atoms with van der Waals surface area (Å²) in [6.07, 6.45) is 0. The van der Waals surface area contributed by atoms with E-state index < -0.39 is 29.4 Å². The molecule has 0 atom stereocenters. The van der Waals surface area contributed by atoms with Crippen LogP contribution in [-0.2, 0) is 0 Å². The van der Waals surface area contributed by atoms with Crippen molar-refractivity contribution in [2.24, 2.45) is 0 Å². The molecule has 23 heavy (non-hydrogen) atoms. The van der Waals surface area contributed by atoms with Gasteiger partial charge in [0.25, 0.3) is 0 Å². The second kappa shape index (κ2) is 6.24. The van der Waals surface area contributed by atoms with Crippen LogP contribution in [0.15, 0.2) is 18.2 Å². The van der Waals surface area contributed by atoms with E-state index in [1.165, 1.54) is 11.1 Å². The van der Waals surface area contributed by atoms with Crippen molar-refractivity contribution in [3.05, 3.63) is 34.9 Å². The summed E-state index contributed by atoms with van der Waals surface area (Å²) in [6.45, 7) is 24.6. The Kier molecular flexibility index (Phi) is 5.64. The van der Waals surface area contributed by atoms with Crippen molar-refractivity contribution in [3.8, 4) is 0 Å². The van der Waals surface area contributed by atoms with E-state index in [2.05, 4.69) is 91.0 Å². The molecule has 0 unspecified atom stereocenters. The number of aryl methyl sites for hydroxylation is 2. The van der Waals surface area contributed by atoms with Crippen LogP contribution in [0.25, 0.3) is 0 Å². The molecule has 0 aliphatic heterocycles. The number of benzene rings is 1. The van der Waals surface area contributed by atoms with Gasteiger partial charge in [-0.15, -0.1) is 0 Å². The summed E-state index contributed by atoms with van der Waals surface area (Å²) >= 11 is 0. The molecule has 0 radical (unpaired) electrons. The maximum atomic E-state index is 14.2. The smallest absolute Gasteiger partial charge is 0.133 e. The summed E-state index contributed by atoms with van der Waals surface area (Å²) in [7, 11) is -4.76. The highest BCUT2D eigenvalue weighted by Gasteiger charge is 2.66. The van der Waals surface area contributed by atoms with E-state index in [1.54, 1.807) is 0 Å². The normalized spacial score (nSPS) is 14.0. The highest BCUT2D eigenvalue weighted by Crippen LogP contribution is 2.40. The third-order valence-electron chi connectivity index (χ3n) is 5.42. The SMILES string of the molecule is Cc1cccc(C)c1C(=O)[Si]([Si](C)(C)C)([Si](C)(C)C)[Si](C)(C)C. The summed E-state index contributed by atoms with van der Waals surface area (Å²) in [6, 6.07) is 6.33. The van der Waals surface area contributed by atoms with Crippen molar-refractivity contribution < 1.29 is 4.79 Å². The zero-order valence-electron chi connectivity index (χ0n) is 17.1. The number of carbonyl (C=O) groups is 1. The fraction of sp³-hybridized carbons (Fsp3) is 0.611. The molecule has 1 aromatic rings. The molecule has 0 spiro atoms. The molecule has 0 fully saturated rings. The van der Waals surface area contributed by atoms with Gasteiger partial charge in [0.05, 0.1) is 0 Å². The lowest BCUT2D eigenvalue weighted by Gasteiger charge is -2.55. The largest absolute Gasteiger partial charge is 0.301 e. The monoisotopic (exact) mass is 380 g/mol. The van der Waals surface area contributed by atoms with Crippen LogP contribution in [0.3, 0.4) is 0 Å². The molecule has 0 amide bonds. The van der Waals surface area contributed by atoms with E-state index in [0.717, 1.165) is 5.56 Å². The van der Waals surface area contributed by atoms with E-state index >= 15 is 0 Å². The predicted octanol–water partition coefficient (Wildman–Crippen LogP) is 5.72. The van der Waals surface area contributed by atoms with E-state index in [0.29, 0.717) is 5.41 Å². The van der Waals surface area contributed by atoms with Crippen LogP contribution >= 0.6 is 0 Å². The summed E-state index contributed by atoms with van der Waals surface area (Å²) in [4.78, 5) is 14.2. The third-order valence-corrected chi connectivity index (χ3v) is 75.9. The van der Waals surface area contributed by atoms with Crippen LogP contribution < -0.4 is 0 Å². The minimum Gasteiger partial charge on any atom is -0.301 e. The molecule has 0 aliphatic rings. The average molecular weight is 381 g/mol. The first-order chi connectivity index (χ1) is 10.1. The van der Waals surface area contributed by atoms with Gasteiger partial charge in [0.1, 0.15) is 12.0 Å². The first kappa shape index (κ1) is 20.8. The lowest BCUT2D eigenvalue weighted by molar-refractivity contribution is 0.107. The standard InChI is InChI=1S/C18H36OSi4/c1-15-13-12-14-16(2)17(15)18(19)23(20(3,4)5,21(6,7)8)22(9,10)11/h12-14H,1-11H3. The molecule has 0 aliphatic carbocycles. The summed E-state index contributed by atoms with van der Waals surface area (Å²) in [5.41, 5.74) is 3.44. The van der Waals surface area contributed by atoms with Crippen LogP contribution in [0.1, 0.15) is 21.5 Å². The van der Waals surface area contributed by atoms with Crippen molar-refractivity contribution in [1.82, 2.24) is 0 Å². The minimum absolute atomic E-state index is 0.616. The zero-order chi connectivity index (χ0) is 18.4. The third kappa shape index (κ3) is 3.30. The Hall–Kier alpha value is -0.242. The van der Waals surface area contributed by atoms with Gasteiger partial charge in [0, 0.05) is 28.3 Å². The molecule has 0 aromatic heterocycles. The fourth-order valence-corrected chi connectivity index (χ4v) is 104. The maximum Gasteiger partial charge on any atom is 0.133 e. The van der Waals surface area contributed by atoms with Gasteiger partial charge in [-0.3, -0.25) is 0 Å². The van der Waals surface area contributed by atoms with Crippen LogP contribution in [-0.4, -0.2) is 34.8 Å². The average Bonchev–Trinajstić information content (AvgIpc) is 2.22. The molecule has 0 N–H and O–H groups in total. The molecule has 5 heteroatoms. The number of hydrogen-bond donors (Lipinski definition) is 0. The van der Waals surface area contributed by atoms with E-state index in [9.17, 15) is 4.79 Å². The molecule has 1 nitrogen and oxygen atoms in total. The maximum absolute atomic E-state index is 14.2. The van der Waals surface area contributed by atoms with Crippen molar-refractivity contribution in [2.75, 3.05) is 0 Å². The zero-order valence-corrected chi connectivity index (χ0v) is 21.1. The highest BCUT2D eigenvalue weighted by atomic mass is 29.9. The van der Waals surface area contributed by atoms with E-state index in [1.807, 2.05) is 0 Å². The lowest BCUT2D eigenvalue weighted by Crippen LogP contribution is -2.86. The van der Waals surface area contributed by atoms with Gasteiger partial charge in [-0.05, 0) is 25.0 Å². The van der Waals surface area contributed by atoms with Gasteiger partial charge in [0.2, 0.25) is 0 Å². The number of hydrogen-bond acceptors (Lipinski definition) is 1. The van der Waals surface area contributed by atoms with Gasteiger partial charge in [-0.25, -0.2) is 0 Å². The van der Waals surface area contributed by atoms with Gasteiger partial charge >= 0.3 is 0 Å². The quantitative estimate of drug-likeness (QED) is 0.597. The van der Waals surface area contributed by atoms with Crippen LogP contribution in [0.2, 0.25) is 58.9 Å². The summed E-state index contributed by atoms with van der Waals surface area (Å²) in [5, 5.41) is 0.616. The first-order valence-corrected chi connectivity index (χ1v) is 24.2. The molecule has 0 saturated heterocycles. The Labute approximate surface area is 147 Å². The molecular formula is C18H36OSi4. The fourth-order valence-electron chi connectivity index (χ4n) is 5.76. The van der Waals surface area contributed by atoms with Crippen LogP contribution in [0.4, 0.5) is 0 Å². The Bertz CT molecular complexity index is 545.